The fourth-order valence-electron chi connectivity index (χ4n) is 2.54. The second kappa shape index (κ2) is 2.62. The van der Waals surface area contributed by atoms with E-state index in [-0.39, 0.29) is 0 Å². The number of hydrogen-bond donors (Lipinski definition) is 0. The van der Waals surface area contributed by atoms with Gasteiger partial charge in [-0.15, -0.1) is 0 Å². The van der Waals surface area contributed by atoms with Gasteiger partial charge < -0.3 is 9.32 Å². The number of aldehydes is 1. The molecular formula is C11H13NO2. The van der Waals surface area contributed by atoms with Crippen molar-refractivity contribution in [1.29, 1.82) is 0 Å². The third-order valence-electron chi connectivity index (χ3n) is 3.65. The van der Waals surface area contributed by atoms with Crippen molar-refractivity contribution >= 4 is 12.2 Å². The summed E-state index contributed by atoms with van der Waals surface area (Å²) >= 11 is 0. The first kappa shape index (κ1) is 8.09. The topological polar surface area (TPSA) is 33.5 Å². The summed E-state index contributed by atoms with van der Waals surface area (Å²) in [5.74, 6) is 1.31. The zero-order chi connectivity index (χ0) is 9.60. The highest BCUT2D eigenvalue weighted by Gasteiger charge is 2.50. The van der Waals surface area contributed by atoms with Crippen LogP contribution in [0.3, 0.4) is 0 Å². The van der Waals surface area contributed by atoms with Crippen molar-refractivity contribution in [3.05, 3.63) is 17.9 Å². The maximum Gasteiger partial charge on any atom is 0.196 e. The third-order valence-corrected chi connectivity index (χ3v) is 3.65. The van der Waals surface area contributed by atoms with Crippen molar-refractivity contribution in [1.82, 2.24) is 0 Å². The second-order valence-corrected chi connectivity index (χ2v) is 4.27. The van der Waals surface area contributed by atoms with Gasteiger partial charge in [0.1, 0.15) is 0 Å². The molecule has 1 saturated carbocycles. The molecule has 3 nitrogen and oxygen atoms in total. The average molecular weight is 191 g/mol. The number of nitrogens with zero attached hydrogens (tertiary/aromatic N) is 1. The van der Waals surface area contributed by atoms with Crippen LogP contribution in [-0.4, -0.2) is 18.4 Å². The van der Waals surface area contributed by atoms with Crippen LogP contribution in [-0.2, 0) is 0 Å². The highest BCUT2D eigenvalue weighted by Crippen LogP contribution is 2.49. The van der Waals surface area contributed by atoms with Crippen LogP contribution < -0.4 is 4.90 Å². The van der Waals surface area contributed by atoms with E-state index >= 15 is 0 Å². The molecule has 3 rings (SSSR count). The van der Waals surface area contributed by atoms with Gasteiger partial charge in [-0.3, -0.25) is 4.79 Å². The van der Waals surface area contributed by atoms with Gasteiger partial charge in [-0.1, -0.05) is 0 Å². The Kier molecular flexibility index (Phi) is 1.52. The lowest BCUT2D eigenvalue weighted by Crippen LogP contribution is -2.64. The van der Waals surface area contributed by atoms with Crippen LogP contribution in [0.5, 0.6) is 0 Å². The number of carbonyl (C=O) groups is 1. The molecule has 2 aliphatic rings. The fraction of sp³-hybridized carbons (Fsp3) is 0.545. The maximum absolute atomic E-state index is 10.5. The first-order valence-electron chi connectivity index (χ1n) is 5.17. The Bertz CT molecular complexity index is 360. The normalized spacial score (nSPS) is 23.0. The minimum atomic E-state index is 0.401. The van der Waals surface area contributed by atoms with Crippen molar-refractivity contribution in [3.63, 3.8) is 0 Å². The van der Waals surface area contributed by atoms with Gasteiger partial charge >= 0.3 is 0 Å². The Labute approximate surface area is 82.7 Å². The summed E-state index contributed by atoms with van der Waals surface area (Å²) in [7, 11) is 0. The summed E-state index contributed by atoms with van der Waals surface area (Å²) in [5.41, 5.74) is 0.401. The van der Waals surface area contributed by atoms with Gasteiger partial charge in [0.05, 0.1) is 0 Å². The number of furan rings is 1. The van der Waals surface area contributed by atoms with E-state index in [2.05, 4.69) is 4.90 Å². The molecule has 1 aromatic heterocycles. The van der Waals surface area contributed by atoms with E-state index in [4.69, 9.17) is 4.42 Å². The van der Waals surface area contributed by atoms with Gasteiger partial charge in [0.25, 0.3) is 0 Å². The molecule has 0 atom stereocenters. The van der Waals surface area contributed by atoms with E-state index in [0.29, 0.717) is 11.3 Å². The SMILES string of the molecule is O=Cc1ccc(N2CCC23CCC3)o1. The van der Waals surface area contributed by atoms with E-state index < -0.39 is 0 Å². The standard InChI is InChI=1S/C11H13NO2/c13-8-9-2-3-10(14-9)12-7-6-11(12)4-1-5-11/h2-3,8H,1,4-7H2. The van der Waals surface area contributed by atoms with Gasteiger partial charge in [0, 0.05) is 18.2 Å². The molecule has 14 heavy (non-hydrogen) atoms. The third kappa shape index (κ3) is 0.897. The molecule has 1 spiro atoms. The lowest BCUT2D eigenvalue weighted by molar-refractivity contribution is 0.109. The van der Waals surface area contributed by atoms with Crippen molar-refractivity contribution in [2.75, 3.05) is 11.4 Å². The molecule has 1 aromatic rings. The first-order chi connectivity index (χ1) is 6.84. The van der Waals surface area contributed by atoms with Crippen LogP contribution in [0.2, 0.25) is 0 Å². The molecule has 2 heterocycles. The Morgan fingerprint density at radius 2 is 2.21 bits per heavy atom. The van der Waals surface area contributed by atoms with Crippen LogP contribution in [0.25, 0.3) is 0 Å². The fourth-order valence-corrected chi connectivity index (χ4v) is 2.54. The summed E-state index contributed by atoms with van der Waals surface area (Å²) in [6.07, 6.45) is 5.94. The minimum Gasteiger partial charge on any atom is -0.438 e. The summed E-state index contributed by atoms with van der Waals surface area (Å²) < 4.78 is 5.43. The Hall–Kier alpha value is -1.25. The molecular weight excluding hydrogens is 178 g/mol. The molecule has 74 valence electrons. The number of hydrogen-bond acceptors (Lipinski definition) is 3. The summed E-state index contributed by atoms with van der Waals surface area (Å²) in [5, 5.41) is 0. The zero-order valence-corrected chi connectivity index (χ0v) is 8.03. The molecule has 0 bridgehead atoms. The molecule has 0 radical (unpaired) electrons. The zero-order valence-electron chi connectivity index (χ0n) is 8.03. The smallest absolute Gasteiger partial charge is 0.196 e. The molecule has 1 aliphatic carbocycles. The summed E-state index contributed by atoms with van der Waals surface area (Å²) in [6, 6.07) is 3.65. The first-order valence-corrected chi connectivity index (χ1v) is 5.17. The van der Waals surface area contributed by atoms with Crippen LogP contribution in [0.15, 0.2) is 16.5 Å². The predicted octanol–water partition coefficient (Wildman–Crippen LogP) is 2.22. The highest BCUT2D eigenvalue weighted by atomic mass is 16.4. The number of carbonyl (C=O) groups excluding carboxylic acids is 1. The average Bonchev–Trinajstić information content (AvgIpc) is 2.48. The van der Waals surface area contributed by atoms with Crippen molar-refractivity contribution < 1.29 is 9.21 Å². The molecule has 0 unspecified atom stereocenters. The lowest BCUT2D eigenvalue weighted by Gasteiger charge is -2.58. The Balaban J connectivity index is 1.85. The van der Waals surface area contributed by atoms with E-state index in [9.17, 15) is 4.79 Å². The predicted molar refractivity (Wildman–Crippen MR) is 52.6 cm³/mol. The largest absolute Gasteiger partial charge is 0.438 e. The number of rotatable bonds is 2. The van der Waals surface area contributed by atoms with Crippen molar-refractivity contribution in [2.24, 2.45) is 0 Å². The molecule has 1 saturated heterocycles. The quantitative estimate of drug-likeness (QED) is 0.672. The molecule has 1 aliphatic heterocycles. The minimum absolute atomic E-state index is 0.401. The molecule has 0 aromatic carbocycles. The monoisotopic (exact) mass is 191 g/mol. The van der Waals surface area contributed by atoms with E-state index in [1.807, 2.05) is 6.07 Å². The van der Waals surface area contributed by atoms with Gasteiger partial charge in [0.2, 0.25) is 0 Å². The van der Waals surface area contributed by atoms with E-state index in [1.54, 1.807) is 6.07 Å². The van der Waals surface area contributed by atoms with Crippen LogP contribution in [0.1, 0.15) is 36.2 Å². The van der Waals surface area contributed by atoms with Crippen LogP contribution >= 0.6 is 0 Å². The molecule has 0 amide bonds. The Morgan fingerprint density at radius 1 is 1.36 bits per heavy atom. The van der Waals surface area contributed by atoms with Gasteiger partial charge in [-0.25, -0.2) is 0 Å². The summed E-state index contributed by atoms with van der Waals surface area (Å²) in [4.78, 5) is 12.8. The molecule has 0 N–H and O–H groups in total. The molecule has 3 heteroatoms. The number of anilines is 1. The van der Waals surface area contributed by atoms with E-state index in [1.165, 1.54) is 25.7 Å². The Morgan fingerprint density at radius 3 is 2.64 bits per heavy atom. The lowest BCUT2D eigenvalue weighted by atomic mass is 9.68. The van der Waals surface area contributed by atoms with Gasteiger partial charge in [0.15, 0.2) is 17.9 Å². The van der Waals surface area contributed by atoms with Crippen molar-refractivity contribution in [2.45, 2.75) is 31.2 Å². The maximum atomic E-state index is 10.5. The van der Waals surface area contributed by atoms with Crippen LogP contribution in [0.4, 0.5) is 5.88 Å². The molecule has 2 fully saturated rings. The van der Waals surface area contributed by atoms with Crippen molar-refractivity contribution in [3.8, 4) is 0 Å². The van der Waals surface area contributed by atoms with Crippen LogP contribution in [0, 0.1) is 0 Å². The van der Waals surface area contributed by atoms with Gasteiger partial charge in [-0.2, -0.15) is 0 Å². The second-order valence-electron chi connectivity index (χ2n) is 4.27. The van der Waals surface area contributed by atoms with E-state index in [0.717, 1.165) is 18.7 Å². The summed E-state index contributed by atoms with van der Waals surface area (Å²) in [6.45, 7) is 1.08. The highest BCUT2D eigenvalue weighted by molar-refractivity contribution is 5.71. The van der Waals surface area contributed by atoms with Gasteiger partial charge in [-0.05, 0) is 31.7 Å².